The van der Waals surface area contributed by atoms with Crippen LogP contribution in [0, 0.1) is 0 Å². The third-order valence-corrected chi connectivity index (χ3v) is 5.53. The largest absolute Gasteiger partial charge is 0.564 e. The molecule has 0 saturated carbocycles. The van der Waals surface area contributed by atoms with Gasteiger partial charge in [-0.15, -0.1) is 4.18 Å². The lowest BCUT2D eigenvalue weighted by Crippen LogP contribution is -2.20. The van der Waals surface area contributed by atoms with Crippen LogP contribution in [0.1, 0.15) is 122 Å². The Hall–Kier alpha value is -0.0100. The fourth-order valence-corrected chi connectivity index (χ4v) is 3.57. The van der Waals surface area contributed by atoms with E-state index in [2.05, 4.69) is 21.3 Å². The molecule has 0 bridgehead atoms. The lowest BCUT2D eigenvalue weighted by Gasteiger charge is -2.03. The first-order valence-electron chi connectivity index (χ1n) is 10.9. The van der Waals surface area contributed by atoms with Gasteiger partial charge in [0.1, 0.15) is 11.2 Å². The molecule has 1 radical (unpaired) electrons. The van der Waals surface area contributed by atoms with Crippen LogP contribution in [0.2, 0.25) is 0 Å². The first-order chi connectivity index (χ1) is 12.6. The van der Waals surface area contributed by atoms with Crippen LogP contribution in [0.15, 0.2) is 0 Å². The molecule has 0 aliphatic rings. The van der Waals surface area contributed by atoms with Gasteiger partial charge in [0.05, 0.1) is 0 Å². The maximum absolute atomic E-state index is 10.8. The van der Waals surface area contributed by atoms with Crippen LogP contribution in [0.5, 0.6) is 0 Å². The molecule has 0 rings (SSSR count). The highest BCUT2D eigenvalue weighted by Gasteiger charge is 2.31. The van der Waals surface area contributed by atoms with Crippen molar-refractivity contribution in [3.63, 3.8) is 0 Å². The van der Waals surface area contributed by atoms with Crippen molar-refractivity contribution in [2.24, 2.45) is 5.90 Å². The zero-order chi connectivity index (χ0) is 19.3. The van der Waals surface area contributed by atoms with Crippen molar-refractivity contribution in [1.82, 2.24) is 0 Å². The number of unbranched alkanes of at least 4 members (excludes halogenated alkanes) is 17. The van der Waals surface area contributed by atoms with Gasteiger partial charge in [0.25, 0.3) is 0 Å². The Kier molecular flexibility index (Phi) is 19.7. The van der Waals surface area contributed by atoms with E-state index in [1.807, 2.05) is 0 Å². The second kappa shape index (κ2) is 19.7. The van der Waals surface area contributed by atoms with Crippen LogP contribution in [-0.4, -0.2) is 6.61 Å². The van der Waals surface area contributed by atoms with Crippen molar-refractivity contribution in [3.8, 4) is 0 Å². The molecule has 2 N–H and O–H groups in total. The van der Waals surface area contributed by atoms with Gasteiger partial charge in [0.15, 0.2) is 0 Å². The third kappa shape index (κ3) is 20.3. The summed E-state index contributed by atoms with van der Waals surface area (Å²) in [4.78, 5) is 0. The Bertz CT molecular complexity index is 329. The number of nitrogens with two attached hydrogens (primary N) is 1. The van der Waals surface area contributed by atoms with E-state index in [9.17, 15) is 8.76 Å². The standard InChI is InChI=1S/C20H43NO4S/c1-2-3-4-5-6-7-8-9-10-11-12-13-14-15-16-17-18-19-20-24-26(22,23)25-21/h2-21H2,1H3/q+1. The lowest BCUT2D eigenvalue weighted by atomic mass is 10.0. The van der Waals surface area contributed by atoms with E-state index in [1.165, 1.54) is 96.3 Å². The molecule has 6 heteroatoms. The van der Waals surface area contributed by atoms with Gasteiger partial charge in [-0.3, -0.25) is 0 Å². The lowest BCUT2D eigenvalue weighted by molar-refractivity contribution is 0.152. The summed E-state index contributed by atoms with van der Waals surface area (Å²) in [6.07, 6.45) is 23.5. The summed E-state index contributed by atoms with van der Waals surface area (Å²) in [5.74, 6) is 4.57. The van der Waals surface area contributed by atoms with Crippen molar-refractivity contribution >= 4 is 10.8 Å². The fraction of sp³-hybridized carbons (Fsp3) is 1.00. The van der Waals surface area contributed by atoms with Crippen LogP contribution in [0.25, 0.3) is 0 Å². The van der Waals surface area contributed by atoms with Crippen molar-refractivity contribution in [2.75, 3.05) is 6.61 Å². The highest BCUT2D eigenvalue weighted by atomic mass is 32.3. The summed E-state index contributed by atoms with van der Waals surface area (Å²) in [5, 5.41) is 0. The van der Waals surface area contributed by atoms with Gasteiger partial charge < -0.3 is 0 Å². The highest BCUT2D eigenvalue weighted by Crippen LogP contribution is 2.14. The summed E-state index contributed by atoms with van der Waals surface area (Å²) >= 11 is 0. The van der Waals surface area contributed by atoms with Crippen molar-refractivity contribution in [2.45, 2.75) is 122 Å². The molecule has 0 saturated heterocycles. The Balaban J connectivity index is 3.06. The van der Waals surface area contributed by atoms with E-state index >= 15 is 0 Å². The molecular formula is C20H43NO4S+. The quantitative estimate of drug-likeness (QED) is 0.135. The van der Waals surface area contributed by atoms with Gasteiger partial charge >= 0.3 is 10.8 Å². The van der Waals surface area contributed by atoms with Crippen LogP contribution >= 0.6 is 0 Å². The summed E-state index contributed by atoms with van der Waals surface area (Å²) in [7, 11) is -3.96. The van der Waals surface area contributed by atoms with Crippen LogP contribution < -0.4 is 5.90 Å². The second-order valence-corrected chi connectivity index (χ2v) is 8.58. The molecule has 1 atom stereocenters. The zero-order valence-electron chi connectivity index (χ0n) is 17.1. The number of hydrogen-bond donors (Lipinski definition) is 1. The van der Waals surface area contributed by atoms with E-state index in [1.54, 1.807) is 0 Å². The molecule has 0 aromatic carbocycles. The SMILES string of the molecule is CCCCCCCCCCCCCCCCCCCCO[S+]([O])(=O)ON. The van der Waals surface area contributed by atoms with Gasteiger partial charge in [-0.1, -0.05) is 116 Å². The van der Waals surface area contributed by atoms with Crippen LogP contribution in [-0.2, 0) is 28.0 Å². The minimum Gasteiger partial charge on any atom is -0.158 e. The van der Waals surface area contributed by atoms with Crippen molar-refractivity contribution in [1.29, 1.82) is 0 Å². The smallest absolute Gasteiger partial charge is 0.158 e. The first-order valence-corrected chi connectivity index (χ1v) is 12.2. The number of hydrogen-bond acceptors (Lipinski definition) is 4. The second-order valence-electron chi connectivity index (χ2n) is 7.34. The Morgan fingerprint density at radius 3 is 1.23 bits per heavy atom. The summed E-state index contributed by atoms with van der Waals surface area (Å²) in [6.45, 7) is 2.42. The molecule has 5 nitrogen and oxygen atoms in total. The van der Waals surface area contributed by atoms with E-state index in [0.29, 0.717) is 0 Å². The molecule has 1 unspecified atom stereocenters. The summed E-state index contributed by atoms with van der Waals surface area (Å²) in [6, 6.07) is 0. The van der Waals surface area contributed by atoms with Gasteiger partial charge in [-0.25, -0.2) is 0 Å². The van der Waals surface area contributed by atoms with Crippen LogP contribution in [0.4, 0.5) is 0 Å². The van der Waals surface area contributed by atoms with E-state index < -0.39 is 10.8 Å². The number of rotatable bonds is 21. The minimum atomic E-state index is -3.96. The van der Waals surface area contributed by atoms with Crippen molar-refractivity contribution < 1.29 is 17.2 Å². The predicted molar refractivity (Wildman–Crippen MR) is 109 cm³/mol. The van der Waals surface area contributed by atoms with Gasteiger partial charge in [-0.2, -0.15) is 5.90 Å². The summed E-state index contributed by atoms with van der Waals surface area (Å²) < 4.78 is 29.9. The molecule has 0 aliphatic heterocycles. The Morgan fingerprint density at radius 2 is 0.923 bits per heavy atom. The molecule has 0 aromatic heterocycles. The maximum Gasteiger partial charge on any atom is 0.564 e. The molecule has 0 aliphatic carbocycles. The van der Waals surface area contributed by atoms with Gasteiger partial charge in [-0.05, 0) is 10.7 Å². The minimum absolute atomic E-state index is 0.151. The predicted octanol–water partition coefficient (Wildman–Crippen LogP) is 6.61. The third-order valence-electron chi connectivity index (χ3n) is 4.84. The molecule has 0 aromatic rings. The zero-order valence-corrected chi connectivity index (χ0v) is 17.9. The Labute approximate surface area is 163 Å². The van der Waals surface area contributed by atoms with Crippen LogP contribution in [0.3, 0.4) is 0 Å². The monoisotopic (exact) mass is 393 g/mol. The van der Waals surface area contributed by atoms with E-state index in [4.69, 9.17) is 0 Å². The molecule has 0 spiro atoms. The molecular weight excluding hydrogens is 350 g/mol. The normalized spacial score (nSPS) is 13.8. The molecule has 0 heterocycles. The Morgan fingerprint density at radius 1 is 0.615 bits per heavy atom. The van der Waals surface area contributed by atoms with Crippen molar-refractivity contribution in [3.05, 3.63) is 0 Å². The maximum atomic E-state index is 10.8. The van der Waals surface area contributed by atoms with Gasteiger partial charge in [0, 0.05) is 4.21 Å². The molecule has 0 amide bonds. The van der Waals surface area contributed by atoms with E-state index in [-0.39, 0.29) is 6.61 Å². The average molecular weight is 394 g/mol. The first kappa shape index (κ1) is 26.0. The molecule has 0 fully saturated rings. The topological polar surface area (TPSA) is 81.5 Å². The molecule has 26 heavy (non-hydrogen) atoms. The highest BCUT2D eigenvalue weighted by molar-refractivity contribution is 7.88. The molecule has 157 valence electrons. The average Bonchev–Trinajstić information content (AvgIpc) is 2.63. The van der Waals surface area contributed by atoms with Gasteiger partial charge in [0.2, 0.25) is 0 Å². The fourth-order valence-electron chi connectivity index (χ4n) is 3.19. The van der Waals surface area contributed by atoms with E-state index in [0.717, 1.165) is 19.3 Å². The summed E-state index contributed by atoms with van der Waals surface area (Å²) in [5.41, 5.74) is 0.